The number of aromatic nitrogens is 1. The number of hydrogen-bond acceptors (Lipinski definition) is 8. The van der Waals surface area contributed by atoms with Crippen LogP contribution in [0, 0.1) is 29.6 Å². The highest BCUT2D eigenvalue weighted by Gasteiger charge is 2.20. The van der Waals surface area contributed by atoms with Gasteiger partial charge in [0.2, 0.25) is 11.8 Å². The number of hydrogen-bond donors (Lipinski definition) is 0. The number of aryl methyl sites for hydroxylation is 1. The first-order chi connectivity index (χ1) is 26.3. The van der Waals surface area contributed by atoms with Crippen molar-refractivity contribution in [1.29, 1.82) is 10.5 Å². The van der Waals surface area contributed by atoms with E-state index in [9.17, 15) is 4.79 Å². The van der Waals surface area contributed by atoms with Crippen LogP contribution in [0.25, 0.3) is 12.2 Å². The van der Waals surface area contributed by atoms with Crippen LogP contribution in [-0.2, 0) is 17.9 Å². The molecule has 6 rings (SSSR count). The lowest BCUT2D eigenvalue weighted by molar-refractivity contribution is -0.127. The molecule has 0 radical (unpaired) electrons. The summed E-state index contributed by atoms with van der Waals surface area (Å²) in [6, 6.07) is 34.1. The number of amides is 1. The molecule has 0 atom stereocenters. The van der Waals surface area contributed by atoms with Crippen LogP contribution in [0.2, 0.25) is 5.02 Å². The van der Waals surface area contributed by atoms with Crippen molar-refractivity contribution >= 4 is 29.7 Å². The number of nitrogens with zero attached hydrogens (tertiary/aromatic N) is 5. The minimum Gasteiger partial charge on any atom is -0.490 e. The van der Waals surface area contributed by atoms with Gasteiger partial charge in [-0.2, -0.15) is 10.5 Å². The molecule has 1 saturated heterocycles. The first kappa shape index (κ1) is 37.4. The molecule has 9 nitrogen and oxygen atoms in total. The summed E-state index contributed by atoms with van der Waals surface area (Å²) < 4.78 is 17.5. The third-order valence-corrected chi connectivity index (χ3v) is 9.06. The molecule has 1 aliphatic rings. The summed E-state index contributed by atoms with van der Waals surface area (Å²) in [6.45, 7) is 6.41. The molecule has 5 aromatic rings. The van der Waals surface area contributed by atoms with Crippen molar-refractivity contribution in [2.75, 3.05) is 32.8 Å². The summed E-state index contributed by atoms with van der Waals surface area (Å²) in [4.78, 5) is 21.6. The van der Waals surface area contributed by atoms with Gasteiger partial charge >= 0.3 is 0 Å². The van der Waals surface area contributed by atoms with Crippen LogP contribution in [0.4, 0.5) is 0 Å². The van der Waals surface area contributed by atoms with Gasteiger partial charge < -0.3 is 19.1 Å². The second-order valence-electron chi connectivity index (χ2n) is 12.7. The highest BCUT2D eigenvalue weighted by atomic mass is 35.5. The summed E-state index contributed by atoms with van der Waals surface area (Å²) in [7, 11) is 0. The Kier molecular flexibility index (Phi) is 12.7. The van der Waals surface area contributed by atoms with E-state index in [2.05, 4.69) is 46.3 Å². The van der Waals surface area contributed by atoms with Crippen molar-refractivity contribution in [2.45, 2.75) is 20.1 Å². The Morgan fingerprint density at radius 3 is 2.11 bits per heavy atom. The van der Waals surface area contributed by atoms with E-state index >= 15 is 0 Å². The fraction of sp³-hybridized carbons (Fsp3) is 0.182. The van der Waals surface area contributed by atoms with Crippen molar-refractivity contribution in [3.05, 3.63) is 159 Å². The molecule has 0 N–H and O–H groups in total. The Hall–Kier alpha value is -6.39. The average Bonchev–Trinajstić information content (AvgIpc) is 3.21. The van der Waals surface area contributed by atoms with Crippen LogP contribution in [0.5, 0.6) is 23.1 Å². The minimum atomic E-state index is -0.0336. The van der Waals surface area contributed by atoms with Gasteiger partial charge in [0.15, 0.2) is 5.75 Å². The molecule has 0 saturated carbocycles. The highest BCUT2D eigenvalue weighted by Crippen LogP contribution is 2.34. The van der Waals surface area contributed by atoms with Crippen LogP contribution in [0.15, 0.2) is 115 Å². The third-order valence-electron chi connectivity index (χ3n) is 8.78. The van der Waals surface area contributed by atoms with Crippen molar-refractivity contribution in [3.8, 4) is 35.3 Å². The molecule has 0 unspecified atom stereocenters. The van der Waals surface area contributed by atoms with Gasteiger partial charge in [-0.15, -0.1) is 0 Å². The Morgan fingerprint density at radius 1 is 0.796 bits per heavy atom. The van der Waals surface area contributed by atoms with Crippen molar-refractivity contribution < 1.29 is 19.0 Å². The number of piperazine rings is 1. The molecule has 0 bridgehead atoms. The molecule has 54 heavy (non-hydrogen) atoms. The maximum atomic E-state index is 13.1. The van der Waals surface area contributed by atoms with E-state index in [1.807, 2.05) is 42.2 Å². The lowest BCUT2D eigenvalue weighted by Crippen LogP contribution is -2.47. The number of halogens is 1. The summed E-state index contributed by atoms with van der Waals surface area (Å²) in [5, 5.41) is 18.3. The van der Waals surface area contributed by atoms with Crippen molar-refractivity contribution in [3.63, 3.8) is 0 Å². The average molecular weight is 736 g/mol. The lowest BCUT2D eigenvalue weighted by atomic mass is 10.1. The predicted molar refractivity (Wildman–Crippen MR) is 209 cm³/mol. The number of nitriles is 2. The van der Waals surface area contributed by atoms with Crippen LogP contribution < -0.4 is 14.2 Å². The van der Waals surface area contributed by atoms with E-state index in [-0.39, 0.29) is 5.91 Å². The Labute approximate surface area is 320 Å². The van der Waals surface area contributed by atoms with Gasteiger partial charge in [-0.05, 0) is 101 Å². The molecule has 2 heterocycles. The molecule has 4 aromatic carbocycles. The van der Waals surface area contributed by atoms with Gasteiger partial charge in [0.1, 0.15) is 24.7 Å². The number of carbonyl (C=O) groups excluding carboxylic acids is 1. The highest BCUT2D eigenvalue weighted by molar-refractivity contribution is 6.32. The molecule has 1 fully saturated rings. The Morgan fingerprint density at radius 2 is 1.46 bits per heavy atom. The maximum Gasteiger partial charge on any atom is 0.246 e. The molecule has 270 valence electrons. The van der Waals surface area contributed by atoms with Gasteiger partial charge in [0.05, 0.1) is 34.5 Å². The zero-order valence-electron chi connectivity index (χ0n) is 29.8. The molecule has 1 aromatic heterocycles. The summed E-state index contributed by atoms with van der Waals surface area (Å²) in [5.74, 6) is 2.14. The number of ether oxygens (including phenoxy) is 3. The van der Waals surface area contributed by atoms with E-state index < -0.39 is 0 Å². The third kappa shape index (κ3) is 10.6. The first-order valence-corrected chi connectivity index (χ1v) is 17.9. The molecular weight excluding hydrogens is 698 g/mol. The quantitative estimate of drug-likeness (QED) is 0.111. The normalized spacial score (nSPS) is 13.1. The smallest absolute Gasteiger partial charge is 0.246 e. The fourth-order valence-electron chi connectivity index (χ4n) is 5.79. The molecule has 10 heteroatoms. The number of pyridine rings is 1. The molecule has 1 amide bonds. The Bertz CT molecular complexity index is 2160. The van der Waals surface area contributed by atoms with Crippen LogP contribution in [-0.4, -0.2) is 53.5 Å². The van der Waals surface area contributed by atoms with Gasteiger partial charge in [0.25, 0.3) is 0 Å². The number of rotatable bonds is 13. The van der Waals surface area contributed by atoms with Crippen molar-refractivity contribution in [2.24, 2.45) is 0 Å². The maximum absolute atomic E-state index is 13.1. The van der Waals surface area contributed by atoms with E-state index in [1.54, 1.807) is 72.9 Å². The van der Waals surface area contributed by atoms with Crippen LogP contribution in [0.3, 0.4) is 0 Å². The second kappa shape index (κ2) is 18.4. The van der Waals surface area contributed by atoms with E-state index in [0.29, 0.717) is 59.8 Å². The summed E-state index contributed by atoms with van der Waals surface area (Å²) in [6.07, 6.45) is 8.96. The van der Waals surface area contributed by atoms with Gasteiger partial charge in [-0.1, -0.05) is 54.1 Å². The minimum absolute atomic E-state index is 0.0336. The second-order valence-corrected chi connectivity index (χ2v) is 13.1. The number of carbonyl (C=O) groups is 1. The van der Waals surface area contributed by atoms with E-state index in [1.165, 1.54) is 5.56 Å². The molecular formula is C44H38ClN5O4. The zero-order chi connectivity index (χ0) is 37.7. The predicted octanol–water partition coefficient (Wildman–Crippen LogP) is 8.61. The molecule has 0 aliphatic carbocycles. The lowest BCUT2D eigenvalue weighted by Gasteiger charge is -2.34. The number of benzene rings is 4. The van der Waals surface area contributed by atoms with Crippen molar-refractivity contribution in [1.82, 2.24) is 14.8 Å². The Balaban J connectivity index is 0.925. The summed E-state index contributed by atoms with van der Waals surface area (Å²) >= 11 is 6.62. The SMILES string of the molecule is Cc1cc(C=CC(=O)N2CCN(Cc3ccc(C=CCOc4ccc(C#N)cc4)cc3)CC2)cc(Cl)c1Oc1ccc(OCc2ccc(C#N)cc2)cn1. The largest absolute Gasteiger partial charge is 0.490 e. The van der Waals surface area contributed by atoms with Gasteiger partial charge in [-0.25, -0.2) is 4.98 Å². The summed E-state index contributed by atoms with van der Waals surface area (Å²) in [5.41, 5.74) is 6.08. The van der Waals surface area contributed by atoms with Crippen LogP contribution >= 0.6 is 11.6 Å². The van der Waals surface area contributed by atoms with Crippen LogP contribution in [0.1, 0.15) is 38.9 Å². The molecule has 1 aliphatic heterocycles. The monoisotopic (exact) mass is 735 g/mol. The zero-order valence-corrected chi connectivity index (χ0v) is 30.6. The van der Waals surface area contributed by atoms with E-state index in [4.69, 9.17) is 36.3 Å². The molecule has 0 spiro atoms. The van der Waals surface area contributed by atoms with Gasteiger partial charge in [0, 0.05) is 44.9 Å². The topological polar surface area (TPSA) is 112 Å². The first-order valence-electron chi connectivity index (χ1n) is 17.5. The fourth-order valence-corrected chi connectivity index (χ4v) is 6.10. The van der Waals surface area contributed by atoms with Gasteiger partial charge in [-0.3, -0.25) is 9.69 Å². The van der Waals surface area contributed by atoms with E-state index in [0.717, 1.165) is 47.6 Å². The standard InChI is InChI=1S/C44H38ClN5O4/c1-32-25-38(26-41(45)44(32)54-42-18-17-40(29-48-42)53-31-37-10-6-34(27-46)7-11-37)14-19-43(51)50-22-20-49(21-23-50)30-36-8-4-33(5-9-36)3-2-24-52-39-15-12-35(28-47)13-16-39/h2-19,25-26,29H,20-24,30-31H2,1H3.